The summed E-state index contributed by atoms with van der Waals surface area (Å²) in [4.78, 5) is -0.366. The van der Waals surface area contributed by atoms with Crippen molar-refractivity contribution in [2.75, 3.05) is 11.5 Å². The first-order valence-electron chi connectivity index (χ1n) is 3.02. The van der Waals surface area contributed by atoms with Crippen molar-refractivity contribution in [1.29, 1.82) is 0 Å². The van der Waals surface area contributed by atoms with Crippen molar-refractivity contribution >= 4 is 21.5 Å². The van der Waals surface area contributed by atoms with Crippen molar-refractivity contribution in [3.05, 3.63) is 18.2 Å². The molecule has 1 aromatic carbocycles. The smallest absolute Gasteiger partial charge is 0.744 e. The molecule has 1 aromatic rings. The van der Waals surface area contributed by atoms with Crippen LogP contribution in [0.5, 0.6) is 0 Å². The number of hydrogen-bond donors (Lipinski definition) is 2. The molecule has 0 heterocycles. The normalized spacial score (nSPS) is 10.5. The van der Waals surface area contributed by atoms with E-state index in [-0.39, 0.29) is 45.8 Å². The molecule has 4 N–H and O–H groups in total. The summed E-state index contributed by atoms with van der Waals surface area (Å²) in [5.41, 5.74) is 10.9. The number of nitrogens with two attached hydrogens (primary N) is 2. The molecule has 7 heteroatoms. The summed E-state index contributed by atoms with van der Waals surface area (Å²) in [6, 6.07) is 3.44. The van der Waals surface area contributed by atoms with Crippen LogP contribution in [0.25, 0.3) is 0 Å². The molecule has 13 heavy (non-hydrogen) atoms. The van der Waals surface area contributed by atoms with E-state index in [2.05, 4.69) is 0 Å². The zero-order valence-corrected chi connectivity index (χ0v) is 9.84. The van der Waals surface area contributed by atoms with E-state index in [1.54, 1.807) is 0 Å². The molecule has 0 aromatic heterocycles. The van der Waals surface area contributed by atoms with Crippen LogP contribution in [-0.2, 0) is 10.1 Å². The third kappa shape index (κ3) is 3.17. The molecule has 0 aliphatic carbocycles. The fourth-order valence-electron chi connectivity index (χ4n) is 0.708. The molecule has 0 amide bonds. The summed E-state index contributed by atoms with van der Waals surface area (Å²) in [6.07, 6.45) is 0. The van der Waals surface area contributed by atoms with E-state index in [4.69, 9.17) is 11.5 Å². The van der Waals surface area contributed by atoms with Crippen LogP contribution in [0.3, 0.4) is 0 Å². The Bertz CT molecular complexity index is 404. The summed E-state index contributed by atoms with van der Waals surface area (Å²) in [5.74, 6) is 0. The second-order valence-corrected chi connectivity index (χ2v) is 3.62. The molecule has 0 unspecified atom stereocenters. The Balaban J connectivity index is 0.00000144. The third-order valence-corrected chi connectivity index (χ3v) is 2.18. The molecular weight excluding hydrogens is 203 g/mol. The molecule has 66 valence electrons. The van der Waals surface area contributed by atoms with Crippen LogP contribution in [-0.4, -0.2) is 13.0 Å². The Morgan fingerprint density at radius 2 is 1.69 bits per heavy atom. The number of hydrogen-bond acceptors (Lipinski definition) is 5. The van der Waals surface area contributed by atoms with Gasteiger partial charge < -0.3 is 16.0 Å². The summed E-state index contributed by atoms with van der Waals surface area (Å²) in [6.45, 7) is 0. The van der Waals surface area contributed by atoms with E-state index in [0.717, 1.165) is 12.1 Å². The SMILES string of the molecule is Nc1ccc(S(=O)(=O)[O-])cc1N.[Na+]. The minimum absolute atomic E-state index is 0. The molecule has 0 saturated carbocycles. The fraction of sp³-hybridized carbons (Fsp3) is 0. The van der Waals surface area contributed by atoms with Crippen molar-refractivity contribution in [2.24, 2.45) is 0 Å². The van der Waals surface area contributed by atoms with Gasteiger partial charge in [0.2, 0.25) is 0 Å². The number of anilines is 2. The molecule has 0 aliphatic heterocycles. The van der Waals surface area contributed by atoms with Gasteiger partial charge in [0.1, 0.15) is 10.1 Å². The Morgan fingerprint density at radius 1 is 1.15 bits per heavy atom. The van der Waals surface area contributed by atoms with Gasteiger partial charge in [-0.3, -0.25) is 0 Å². The number of benzene rings is 1. The van der Waals surface area contributed by atoms with Gasteiger partial charge >= 0.3 is 29.6 Å². The maximum Gasteiger partial charge on any atom is 1.00 e. The van der Waals surface area contributed by atoms with E-state index in [1.807, 2.05) is 0 Å². The van der Waals surface area contributed by atoms with Crippen molar-refractivity contribution in [2.45, 2.75) is 4.90 Å². The van der Waals surface area contributed by atoms with E-state index in [9.17, 15) is 13.0 Å². The Morgan fingerprint density at radius 3 is 2.08 bits per heavy atom. The minimum atomic E-state index is -4.43. The first kappa shape index (κ1) is 12.7. The summed E-state index contributed by atoms with van der Waals surface area (Å²) in [5, 5.41) is 0. The summed E-state index contributed by atoms with van der Waals surface area (Å²) < 4.78 is 31.3. The van der Waals surface area contributed by atoms with Crippen molar-refractivity contribution in [1.82, 2.24) is 0 Å². The van der Waals surface area contributed by atoms with Crippen LogP contribution in [0.15, 0.2) is 23.1 Å². The molecule has 0 radical (unpaired) electrons. The maximum absolute atomic E-state index is 10.4. The molecule has 0 fully saturated rings. The predicted molar refractivity (Wildman–Crippen MR) is 43.2 cm³/mol. The Labute approximate surface area is 98.2 Å². The zero-order chi connectivity index (χ0) is 9.35. The van der Waals surface area contributed by atoms with Gasteiger partial charge in [-0.15, -0.1) is 0 Å². The van der Waals surface area contributed by atoms with E-state index in [0.29, 0.717) is 0 Å². The monoisotopic (exact) mass is 210 g/mol. The van der Waals surface area contributed by atoms with Gasteiger partial charge in [0.25, 0.3) is 0 Å². The Kier molecular flexibility index (Phi) is 4.21. The van der Waals surface area contributed by atoms with E-state index >= 15 is 0 Å². The van der Waals surface area contributed by atoms with Gasteiger partial charge in [0, 0.05) is 0 Å². The Hall–Kier alpha value is -0.270. The van der Waals surface area contributed by atoms with Crippen LogP contribution < -0.4 is 41.0 Å². The molecule has 1 rings (SSSR count). The van der Waals surface area contributed by atoms with Crippen LogP contribution >= 0.6 is 0 Å². The van der Waals surface area contributed by atoms with E-state index < -0.39 is 10.1 Å². The van der Waals surface area contributed by atoms with Crippen LogP contribution in [0.4, 0.5) is 11.4 Å². The van der Waals surface area contributed by atoms with Crippen LogP contribution in [0, 0.1) is 0 Å². The first-order valence-corrected chi connectivity index (χ1v) is 4.43. The molecule has 0 saturated heterocycles. The molecule has 0 atom stereocenters. The predicted octanol–water partition coefficient (Wildman–Crippen LogP) is -3.24. The second kappa shape index (κ2) is 4.30. The fourth-order valence-corrected chi connectivity index (χ4v) is 1.21. The number of rotatable bonds is 1. The van der Waals surface area contributed by atoms with Crippen LogP contribution in [0.1, 0.15) is 0 Å². The van der Waals surface area contributed by atoms with E-state index in [1.165, 1.54) is 6.07 Å². The number of nitrogen functional groups attached to an aromatic ring is 2. The van der Waals surface area contributed by atoms with Gasteiger partial charge in [-0.2, -0.15) is 0 Å². The summed E-state index contributed by atoms with van der Waals surface area (Å²) >= 11 is 0. The third-order valence-electron chi connectivity index (χ3n) is 1.35. The van der Waals surface area contributed by atoms with Gasteiger partial charge in [-0.1, -0.05) is 0 Å². The largest absolute Gasteiger partial charge is 1.00 e. The maximum atomic E-state index is 10.4. The average Bonchev–Trinajstić information content (AvgIpc) is 1.92. The zero-order valence-electron chi connectivity index (χ0n) is 7.02. The topological polar surface area (TPSA) is 109 Å². The van der Waals surface area contributed by atoms with Crippen LogP contribution in [0.2, 0.25) is 0 Å². The minimum Gasteiger partial charge on any atom is -0.744 e. The van der Waals surface area contributed by atoms with Gasteiger partial charge in [0.05, 0.1) is 16.3 Å². The summed E-state index contributed by atoms with van der Waals surface area (Å²) in [7, 11) is -4.43. The second-order valence-electron chi connectivity index (χ2n) is 2.24. The molecule has 0 bridgehead atoms. The van der Waals surface area contributed by atoms with Crippen molar-refractivity contribution < 1.29 is 42.5 Å². The van der Waals surface area contributed by atoms with Gasteiger partial charge in [-0.25, -0.2) is 8.42 Å². The standard InChI is InChI=1S/C6H8N2O3S.Na/c7-5-2-1-4(3-6(5)8)12(9,10)11;/h1-3H,7-8H2,(H,9,10,11);/q;+1/p-1. The van der Waals surface area contributed by atoms with Gasteiger partial charge in [-0.05, 0) is 18.2 Å². The van der Waals surface area contributed by atoms with Crippen molar-refractivity contribution in [3.8, 4) is 0 Å². The molecule has 0 aliphatic rings. The average molecular weight is 210 g/mol. The van der Waals surface area contributed by atoms with Gasteiger partial charge in [0.15, 0.2) is 0 Å². The van der Waals surface area contributed by atoms with Crippen molar-refractivity contribution in [3.63, 3.8) is 0 Å². The molecule has 0 spiro atoms. The molecular formula is C6H7N2NaO3S. The molecule has 5 nitrogen and oxygen atoms in total. The first-order chi connectivity index (χ1) is 5.41. The quantitative estimate of drug-likeness (QED) is 0.287.